The Hall–Kier alpha value is -3.31. The molecule has 0 bridgehead atoms. The molecule has 13 heteroatoms. The number of nitrogens with zero attached hydrogens (tertiary/aromatic N) is 4. The van der Waals surface area contributed by atoms with E-state index in [-0.39, 0.29) is 44.7 Å². The van der Waals surface area contributed by atoms with Gasteiger partial charge < -0.3 is 15.1 Å². The van der Waals surface area contributed by atoms with Crippen LogP contribution in [0.1, 0.15) is 5.56 Å². The first-order valence-electron chi connectivity index (χ1n) is 10.8. The van der Waals surface area contributed by atoms with E-state index in [2.05, 4.69) is 10.3 Å². The summed E-state index contributed by atoms with van der Waals surface area (Å²) in [6, 6.07) is 9.91. The van der Waals surface area contributed by atoms with Crippen molar-refractivity contribution < 1.29 is 22.8 Å². The highest BCUT2D eigenvalue weighted by Crippen LogP contribution is 2.24. The van der Waals surface area contributed by atoms with Crippen LogP contribution in [-0.4, -0.2) is 58.6 Å². The minimum Gasteiger partial charge on any atom is -0.368 e. The molecule has 8 nitrogen and oxygen atoms in total. The highest BCUT2D eigenvalue weighted by molar-refractivity contribution is 6.42. The van der Waals surface area contributed by atoms with E-state index in [4.69, 9.17) is 23.2 Å². The summed E-state index contributed by atoms with van der Waals surface area (Å²) in [5, 5.41) is 3.74. The summed E-state index contributed by atoms with van der Waals surface area (Å²) in [7, 11) is 0. The Bertz CT molecular complexity index is 1370. The van der Waals surface area contributed by atoms with Crippen LogP contribution in [0.25, 0.3) is 10.9 Å². The second-order valence-corrected chi connectivity index (χ2v) is 9.00. The van der Waals surface area contributed by atoms with Gasteiger partial charge in [0.1, 0.15) is 6.54 Å². The van der Waals surface area contributed by atoms with E-state index in [9.17, 15) is 27.6 Å². The first kappa shape index (κ1) is 25.8. The van der Waals surface area contributed by atoms with Crippen LogP contribution >= 0.6 is 23.2 Å². The highest BCUT2D eigenvalue weighted by atomic mass is 35.5. The molecular weight excluding hydrogens is 522 g/mol. The van der Waals surface area contributed by atoms with Crippen LogP contribution in [0.4, 0.5) is 18.9 Å². The van der Waals surface area contributed by atoms with Gasteiger partial charge in [0, 0.05) is 38.4 Å². The topological polar surface area (TPSA) is 87.5 Å². The van der Waals surface area contributed by atoms with Crippen LogP contribution in [0, 0.1) is 0 Å². The highest BCUT2D eigenvalue weighted by Gasteiger charge is 2.43. The van der Waals surface area contributed by atoms with E-state index in [0.29, 0.717) is 21.2 Å². The van der Waals surface area contributed by atoms with Gasteiger partial charge in [-0.2, -0.15) is 13.2 Å². The second kappa shape index (κ2) is 10.4. The maximum Gasteiger partial charge on any atom is 0.471 e. The van der Waals surface area contributed by atoms with Gasteiger partial charge in [0.05, 0.1) is 27.3 Å². The molecule has 0 unspecified atom stereocenters. The quantitative estimate of drug-likeness (QED) is 0.535. The lowest BCUT2D eigenvalue weighted by molar-refractivity contribution is -0.185. The number of carbonyl (C=O) groups is 2. The first-order valence-corrected chi connectivity index (χ1v) is 11.6. The molecule has 0 atom stereocenters. The lowest BCUT2D eigenvalue weighted by atomic mass is 10.2. The molecule has 2 aromatic carbocycles. The number of piperazine rings is 1. The largest absolute Gasteiger partial charge is 0.471 e. The summed E-state index contributed by atoms with van der Waals surface area (Å²) in [4.78, 5) is 43.7. The number of benzene rings is 2. The van der Waals surface area contributed by atoms with Gasteiger partial charge in [0.25, 0.3) is 5.56 Å². The number of hydrogen-bond donors (Lipinski definition) is 1. The van der Waals surface area contributed by atoms with Crippen LogP contribution in [0.3, 0.4) is 0 Å². The molecule has 1 N–H and O–H groups in total. The van der Waals surface area contributed by atoms with Crippen molar-refractivity contribution in [2.45, 2.75) is 19.3 Å². The van der Waals surface area contributed by atoms with Crippen LogP contribution in [0.15, 0.2) is 47.5 Å². The summed E-state index contributed by atoms with van der Waals surface area (Å²) < 4.78 is 39.2. The zero-order valence-corrected chi connectivity index (χ0v) is 20.2. The Morgan fingerprint density at radius 3 is 2.39 bits per heavy atom. The van der Waals surface area contributed by atoms with Crippen molar-refractivity contribution in [2.24, 2.45) is 0 Å². The van der Waals surface area contributed by atoms with Gasteiger partial charge in [0.2, 0.25) is 5.91 Å². The molecule has 4 rings (SSSR count). The number of alkyl halides is 3. The number of halogens is 5. The van der Waals surface area contributed by atoms with Gasteiger partial charge in [0.15, 0.2) is 0 Å². The third-order valence-electron chi connectivity index (χ3n) is 5.77. The standard InChI is InChI=1S/C23H20Cl2F3N5O3/c24-17-3-1-14(9-18(17)25)11-29-20(34)12-33-13-30-19-4-2-15(10-16(19)21(33)35)31-5-7-32(8-6-31)22(36)23(26,27)28/h1-4,9-10,13H,5-8,11-12H2,(H,29,34). The predicted octanol–water partition coefficient (Wildman–Crippen LogP) is 3.23. The summed E-state index contributed by atoms with van der Waals surface area (Å²) in [6.07, 6.45) is -3.62. The van der Waals surface area contributed by atoms with Crippen molar-refractivity contribution in [1.82, 2.24) is 19.8 Å². The number of aromatic nitrogens is 2. The Morgan fingerprint density at radius 1 is 1.00 bits per heavy atom. The predicted molar refractivity (Wildman–Crippen MR) is 129 cm³/mol. The number of hydrogen-bond acceptors (Lipinski definition) is 5. The molecule has 1 saturated heterocycles. The van der Waals surface area contributed by atoms with Crippen LogP contribution < -0.4 is 15.8 Å². The monoisotopic (exact) mass is 541 g/mol. The van der Waals surface area contributed by atoms with Crippen LogP contribution in [0.5, 0.6) is 0 Å². The van der Waals surface area contributed by atoms with Gasteiger partial charge in [-0.1, -0.05) is 29.3 Å². The number of fused-ring (bicyclic) bond motifs is 1. The fourth-order valence-electron chi connectivity index (χ4n) is 3.86. The molecule has 0 radical (unpaired) electrons. The Kier molecular flexibility index (Phi) is 7.41. The second-order valence-electron chi connectivity index (χ2n) is 8.18. The molecule has 1 aliphatic rings. The summed E-state index contributed by atoms with van der Waals surface area (Å²) >= 11 is 11.9. The van der Waals surface area contributed by atoms with E-state index >= 15 is 0 Å². The normalized spacial score (nSPS) is 14.2. The zero-order chi connectivity index (χ0) is 26.0. The summed E-state index contributed by atoms with van der Waals surface area (Å²) in [5.74, 6) is -2.27. The lowest BCUT2D eigenvalue weighted by Crippen LogP contribution is -2.52. The summed E-state index contributed by atoms with van der Waals surface area (Å²) in [6.45, 7) is 0.112. The van der Waals surface area contributed by atoms with Crippen molar-refractivity contribution in [3.63, 3.8) is 0 Å². The molecule has 0 aliphatic carbocycles. The first-order chi connectivity index (χ1) is 17.0. The van der Waals surface area contributed by atoms with E-state index in [1.165, 1.54) is 10.9 Å². The molecular formula is C23H20Cl2F3N5O3. The molecule has 0 spiro atoms. The average Bonchev–Trinajstić information content (AvgIpc) is 2.85. The van der Waals surface area contributed by atoms with Crippen molar-refractivity contribution in [3.05, 3.63) is 68.7 Å². The Labute approximate surface area is 213 Å². The minimum atomic E-state index is -4.91. The number of anilines is 1. The van der Waals surface area contributed by atoms with Crippen molar-refractivity contribution in [1.29, 1.82) is 0 Å². The van der Waals surface area contributed by atoms with E-state index in [1.54, 1.807) is 41.3 Å². The lowest BCUT2D eigenvalue weighted by Gasteiger charge is -2.36. The van der Waals surface area contributed by atoms with Gasteiger partial charge in [-0.25, -0.2) is 4.98 Å². The van der Waals surface area contributed by atoms with Gasteiger partial charge in [-0.05, 0) is 35.9 Å². The fourth-order valence-corrected chi connectivity index (χ4v) is 4.18. The van der Waals surface area contributed by atoms with E-state index in [0.717, 1.165) is 10.5 Å². The SMILES string of the molecule is O=C(Cn1cnc2ccc(N3CCN(C(=O)C(F)(F)F)CC3)cc2c1=O)NCc1ccc(Cl)c(Cl)c1. The molecule has 3 aromatic rings. The Morgan fingerprint density at radius 2 is 1.72 bits per heavy atom. The van der Waals surface area contributed by atoms with Crippen LogP contribution in [-0.2, 0) is 22.7 Å². The number of amides is 2. The van der Waals surface area contributed by atoms with Crippen LogP contribution in [0.2, 0.25) is 10.0 Å². The molecule has 0 saturated carbocycles. The van der Waals surface area contributed by atoms with Crippen molar-refractivity contribution in [3.8, 4) is 0 Å². The molecule has 1 aromatic heterocycles. The van der Waals surface area contributed by atoms with E-state index < -0.39 is 23.5 Å². The zero-order valence-electron chi connectivity index (χ0n) is 18.7. The fraction of sp³-hybridized carbons (Fsp3) is 0.304. The maximum atomic E-state index is 13.0. The molecule has 2 amide bonds. The van der Waals surface area contributed by atoms with E-state index in [1.807, 2.05) is 0 Å². The van der Waals surface area contributed by atoms with Crippen molar-refractivity contribution >= 4 is 51.6 Å². The Balaban J connectivity index is 1.44. The van der Waals surface area contributed by atoms with Gasteiger partial charge in [-0.3, -0.25) is 19.0 Å². The van der Waals surface area contributed by atoms with Crippen molar-refractivity contribution in [2.75, 3.05) is 31.1 Å². The minimum absolute atomic E-state index is 0.0906. The average molecular weight is 542 g/mol. The molecule has 2 heterocycles. The van der Waals surface area contributed by atoms with Gasteiger partial charge >= 0.3 is 12.1 Å². The summed E-state index contributed by atoms with van der Waals surface area (Å²) in [5.41, 5.74) is 1.34. The smallest absolute Gasteiger partial charge is 0.368 e. The number of nitrogens with one attached hydrogen (secondary N) is 1. The molecule has 1 aliphatic heterocycles. The molecule has 1 fully saturated rings. The van der Waals surface area contributed by atoms with Gasteiger partial charge in [-0.15, -0.1) is 0 Å². The molecule has 190 valence electrons. The third kappa shape index (κ3) is 5.73. The molecule has 36 heavy (non-hydrogen) atoms. The number of rotatable bonds is 5. The maximum absolute atomic E-state index is 13.0. The number of carbonyl (C=O) groups excluding carboxylic acids is 2. The third-order valence-corrected chi connectivity index (χ3v) is 6.51.